The number of carbonyl (C=O) groups is 2. The number of thiazole rings is 1. The fourth-order valence-corrected chi connectivity index (χ4v) is 5.31. The molecule has 1 saturated heterocycles. The summed E-state index contributed by atoms with van der Waals surface area (Å²) in [7, 11) is 0. The summed E-state index contributed by atoms with van der Waals surface area (Å²) in [6.45, 7) is 6.62. The van der Waals surface area contributed by atoms with Crippen LogP contribution in [0.1, 0.15) is 35.9 Å². The quantitative estimate of drug-likeness (QED) is 0.808. The number of nitrogens with one attached hydrogen (secondary N) is 1. The molecule has 0 radical (unpaired) electrons. The highest BCUT2D eigenvalue weighted by Gasteiger charge is 2.30. The second-order valence-electron chi connectivity index (χ2n) is 7.93. The molecule has 0 bridgehead atoms. The lowest BCUT2D eigenvalue weighted by Crippen LogP contribution is -2.48. The zero-order chi connectivity index (χ0) is 21.3. The van der Waals surface area contributed by atoms with E-state index in [-0.39, 0.29) is 23.5 Å². The molecule has 0 unspecified atom stereocenters. The Labute approximate surface area is 180 Å². The predicted molar refractivity (Wildman–Crippen MR) is 116 cm³/mol. The van der Waals surface area contributed by atoms with E-state index in [9.17, 15) is 14.0 Å². The lowest BCUT2D eigenvalue weighted by molar-refractivity contribution is -0.131. The molecule has 6 nitrogen and oxygen atoms in total. The van der Waals surface area contributed by atoms with Crippen molar-refractivity contribution in [1.29, 1.82) is 0 Å². The van der Waals surface area contributed by atoms with Gasteiger partial charge in [-0.25, -0.2) is 9.37 Å². The molecule has 1 atom stereocenters. The molecule has 1 aromatic carbocycles. The number of halogens is 1. The molecule has 4 rings (SSSR count). The molecule has 1 aliphatic heterocycles. The van der Waals surface area contributed by atoms with Crippen LogP contribution in [-0.4, -0.2) is 47.9 Å². The minimum atomic E-state index is -0.313. The van der Waals surface area contributed by atoms with Crippen molar-refractivity contribution in [2.75, 3.05) is 36.4 Å². The fourth-order valence-electron chi connectivity index (χ4n) is 4.07. The van der Waals surface area contributed by atoms with Crippen molar-refractivity contribution in [3.8, 4) is 0 Å². The smallest absolute Gasteiger partial charge is 0.227 e. The van der Waals surface area contributed by atoms with Crippen molar-refractivity contribution in [2.24, 2.45) is 5.92 Å². The molecule has 2 aromatic rings. The number of anilines is 2. The summed E-state index contributed by atoms with van der Waals surface area (Å²) in [4.78, 5) is 34.8. The summed E-state index contributed by atoms with van der Waals surface area (Å²) >= 11 is 1.66. The predicted octanol–water partition coefficient (Wildman–Crippen LogP) is 3.39. The number of hydrogen-bond acceptors (Lipinski definition) is 5. The number of fused-ring (bicyclic) bond motifs is 1. The van der Waals surface area contributed by atoms with Crippen molar-refractivity contribution in [3.05, 3.63) is 40.2 Å². The highest BCUT2D eigenvalue weighted by Crippen LogP contribution is 2.35. The molecule has 1 aromatic heterocycles. The Hall–Kier alpha value is -2.48. The van der Waals surface area contributed by atoms with Crippen LogP contribution in [0.3, 0.4) is 0 Å². The number of hydrogen-bond donors (Lipinski definition) is 1. The Morgan fingerprint density at radius 2 is 2.03 bits per heavy atom. The van der Waals surface area contributed by atoms with Crippen LogP contribution in [0.15, 0.2) is 18.2 Å². The van der Waals surface area contributed by atoms with Gasteiger partial charge < -0.3 is 15.1 Å². The summed E-state index contributed by atoms with van der Waals surface area (Å²) in [5.74, 6) is -0.300. The zero-order valence-corrected chi connectivity index (χ0v) is 18.2. The lowest BCUT2D eigenvalue weighted by atomic mass is 9.90. The van der Waals surface area contributed by atoms with Crippen LogP contribution in [0.25, 0.3) is 0 Å². The maximum absolute atomic E-state index is 13.8. The summed E-state index contributed by atoms with van der Waals surface area (Å²) in [5, 5.41) is 3.89. The maximum atomic E-state index is 13.8. The second-order valence-corrected chi connectivity index (χ2v) is 8.99. The third kappa shape index (κ3) is 4.19. The Morgan fingerprint density at radius 3 is 2.77 bits per heavy atom. The minimum Gasteiger partial charge on any atom is -0.345 e. The van der Waals surface area contributed by atoms with Crippen LogP contribution in [-0.2, 0) is 22.4 Å². The Kier molecular flexibility index (Phi) is 6.04. The van der Waals surface area contributed by atoms with Crippen molar-refractivity contribution in [2.45, 2.75) is 39.5 Å². The van der Waals surface area contributed by atoms with E-state index in [4.69, 9.17) is 4.98 Å². The molecule has 2 aliphatic rings. The first-order valence-corrected chi connectivity index (χ1v) is 11.3. The number of carbonyl (C=O) groups excluding carboxylic acids is 2. The Morgan fingerprint density at radius 1 is 1.27 bits per heavy atom. The number of aromatic nitrogens is 1. The number of rotatable bonds is 4. The molecule has 1 fully saturated rings. The van der Waals surface area contributed by atoms with E-state index < -0.39 is 0 Å². The zero-order valence-electron chi connectivity index (χ0n) is 17.4. The average molecular weight is 431 g/mol. The fraction of sp³-hybridized carbons (Fsp3) is 0.500. The van der Waals surface area contributed by atoms with E-state index in [0.29, 0.717) is 24.1 Å². The van der Waals surface area contributed by atoms with Crippen LogP contribution >= 0.6 is 11.3 Å². The standard InChI is InChI=1S/C22H27FN4O2S/c1-3-20(28)26-9-11-27(12-10-26)22-25-18-8-7-15(13-19(18)30-22)21(29)24-17-6-4-5-16(23)14(17)2/h4-6,15H,3,7-13H2,1-2H3,(H,24,29)/t15-/m0/s1. The molecular formula is C22H27FN4O2S. The topological polar surface area (TPSA) is 65.5 Å². The summed E-state index contributed by atoms with van der Waals surface area (Å²) in [5.41, 5.74) is 2.09. The van der Waals surface area contributed by atoms with Gasteiger partial charge in [-0.3, -0.25) is 9.59 Å². The highest BCUT2D eigenvalue weighted by atomic mass is 32.1. The Bertz CT molecular complexity index is 953. The third-order valence-electron chi connectivity index (χ3n) is 6.03. The molecule has 0 spiro atoms. The van der Waals surface area contributed by atoms with E-state index in [2.05, 4.69) is 10.2 Å². The molecule has 160 valence electrons. The minimum absolute atomic E-state index is 0.0593. The largest absolute Gasteiger partial charge is 0.345 e. The van der Waals surface area contributed by atoms with Gasteiger partial charge in [-0.05, 0) is 38.3 Å². The van der Waals surface area contributed by atoms with Gasteiger partial charge in [0.05, 0.1) is 5.69 Å². The van der Waals surface area contributed by atoms with E-state index in [1.54, 1.807) is 30.4 Å². The van der Waals surface area contributed by atoms with Crippen molar-refractivity contribution in [1.82, 2.24) is 9.88 Å². The average Bonchev–Trinajstić information content (AvgIpc) is 3.20. The second kappa shape index (κ2) is 8.71. The van der Waals surface area contributed by atoms with E-state index in [1.807, 2.05) is 11.8 Å². The molecule has 1 aliphatic carbocycles. The monoisotopic (exact) mass is 430 g/mol. The van der Waals surface area contributed by atoms with Gasteiger partial charge in [-0.2, -0.15) is 0 Å². The van der Waals surface area contributed by atoms with Crippen LogP contribution in [0.4, 0.5) is 15.2 Å². The number of piperazine rings is 1. The van der Waals surface area contributed by atoms with E-state index in [0.717, 1.165) is 49.8 Å². The van der Waals surface area contributed by atoms with Crippen molar-refractivity contribution in [3.63, 3.8) is 0 Å². The molecule has 2 amide bonds. The van der Waals surface area contributed by atoms with Gasteiger partial charge in [0.1, 0.15) is 5.82 Å². The van der Waals surface area contributed by atoms with Crippen LogP contribution in [0.2, 0.25) is 0 Å². The first-order valence-electron chi connectivity index (χ1n) is 10.5. The van der Waals surface area contributed by atoms with Gasteiger partial charge in [0, 0.05) is 54.6 Å². The molecule has 30 heavy (non-hydrogen) atoms. The van der Waals surface area contributed by atoms with Gasteiger partial charge in [0.25, 0.3) is 0 Å². The summed E-state index contributed by atoms with van der Waals surface area (Å²) in [6.07, 6.45) is 2.74. The van der Waals surface area contributed by atoms with E-state index in [1.165, 1.54) is 10.9 Å². The van der Waals surface area contributed by atoms with Crippen LogP contribution in [0, 0.1) is 18.7 Å². The van der Waals surface area contributed by atoms with Crippen molar-refractivity contribution < 1.29 is 14.0 Å². The number of benzene rings is 1. The van der Waals surface area contributed by atoms with E-state index >= 15 is 0 Å². The number of amides is 2. The highest BCUT2D eigenvalue weighted by molar-refractivity contribution is 7.15. The van der Waals surface area contributed by atoms with Gasteiger partial charge in [0.2, 0.25) is 11.8 Å². The number of aryl methyl sites for hydroxylation is 1. The SMILES string of the molecule is CCC(=O)N1CCN(c2nc3c(s2)C[C@@H](C(=O)Nc2cccc(F)c2C)CC3)CC1. The lowest BCUT2D eigenvalue weighted by Gasteiger charge is -2.34. The molecule has 2 heterocycles. The Balaban J connectivity index is 1.39. The van der Waals surface area contributed by atoms with Gasteiger partial charge in [-0.15, -0.1) is 11.3 Å². The first kappa shape index (κ1) is 20.8. The van der Waals surface area contributed by atoms with Gasteiger partial charge in [0.15, 0.2) is 5.13 Å². The van der Waals surface area contributed by atoms with Crippen LogP contribution in [0.5, 0.6) is 0 Å². The molecule has 1 N–H and O–H groups in total. The molecule has 8 heteroatoms. The van der Waals surface area contributed by atoms with Crippen LogP contribution < -0.4 is 10.2 Å². The summed E-state index contributed by atoms with van der Waals surface area (Å²) < 4.78 is 13.8. The molecular weight excluding hydrogens is 403 g/mol. The van der Waals surface area contributed by atoms with Gasteiger partial charge >= 0.3 is 0 Å². The first-order chi connectivity index (χ1) is 14.5. The summed E-state index contributed by atoms with van der Waals surface area (Å²) in [6, 6.07) is 4.74. The number of nitrogens with zero attached hydrogens (tertiary/aromatic N) is 3. The molecule has 0 saturated carbocycles. The van der Waals surface area contributed by atoms with Gasteiger partial charge in [-0.1, -0.05) is 13.0 Å². The normalized spacial score (nSPS) is 18.8. The third-order valence-corrected chi connectivity index (χ3v) is 7.21. The van der Waals surface area contributed by atoms with Crippen molar-refractivity contribution >= 4 is 34.0 Å². The maximum Gasteiger partial charge on any atom is 0.227 e.